The molecule has 0 saturated carbocycles. The molecule has 1 N–H and O–H groups in total. The molecule has 0 aliphatic heterocycles. The Morgan fingerprint density at radius 1 is 1.64 bits per heavy atom. The molecule has 74 valence electrons. The summed E-state index contributed by atoms with van der Waals surface area (Å²) in [6, 6.07) is 5.28. The number of thiophene rings is 1. The lowest BCUT2D eigenvalue weighted by molar-refractivity contribution is 0.0933. The predicted molar refractivity (Wildman–Crippen MR) is 56.5 cm³/mol. The maximum absolute atomic E-state index is 11.5. The maximum Gasteiger partial charge on any atom is 0.262 e. The SMILES string of the molecule is CC(C)(C#N)NC(=O)c1ccc(Cl)s1. The van der Waals surface area contributed by atoms with Gasteiger partial charge in [-0.1, -0.05) is 11.6 Å². The smallest absolute Gasteiger partial charge is 0.262 e. The topological polar surface area (TPSA) is 52.9 Å². The highest BCUT2D eigenvalue weighted by molar-refractivity contribution is 7.18. The van der Waals surface area contributed by atoms with Gasteiger partial charge >= 0.3 is 0 Å². The van der Waals surface area contributed by atoms with Gasteiger partial charge in [0, 0.05) is 0 Å². The highest BCUT2D eigenvalue weighted by Crippen LogP contribution is 2.21. The minimum Gasteiger partial charge on any atom is -0.334 e. The van der Waals surface area contributed by atoms with Gasteiger partial charge in [0.25, 0.3) is 5.91 Å². The van der Waals surface area contributed by atoms with Crippen molar-refractivity contribution in [3.63, 3.8) is 0 Å². The second kappa shape index (κ2) is 3.99. The van der Waals surface area contributed by atoms with E-state index in [0.29, 0.717) is 9.21 Å². The molecule has 0 unspecified atom stereocenters. The third-order valence-corrected chi connectivity index (χ3v) is 2.73. The minimum absolute atomic E-state index is 0.270. The van der Waals surface area contributed by atoms with Crippen LogP contribution in [-0.2, 0) is 0 Å². The first-order valence-corrected chi connectivity index (χ1v) is 5.13. The third kappa shape index (κ3) is 2.72. The molecule has 1 amide bonds. The maximum atomic E-state index is 11.5. The van der Waals surface area contributed by atoms with Crippen LogP contribution in [0.25, 0.3) is 0 Å². The number of nitrogens with one attached hydrogen (secondary N) is 1. The quantitative estimate of drug-likeness (QED) is 0.845. The van der Waals surface area contributed by atoms with E-state index in [4.69, 9.17) is 16.9 Å². The lowest BCUT2D eigenvalue weighted by atomic mass is 10.1. The van der Waals surface area contributed by atoms with Crippen molar-refractivity contribution in [2.45, 2.75) is 19.4 Å². The molecular weight excluding hydrogens is 220 g/mol. The van der Waals surface area contributed by atoms with Gasteiger partial charge in [0.15, 0.2) is 0 Å². The molecule has 0 saturated heterocycles. The van der Waals surface area contributed by atoms with Crippen LogP contribution in [0.15, 0.2) is 12.1 Å². The van der Waals surface area contributed by atoms with Crippen molar-refractivity contribution < 1.29 is 4.79 Å². The average molecular weight is 229 g/mol. The van der Waals surface area contributed by atoms with Crippen LogP contribution in [0.2, 0.25) is 4.34 Å². The van der Waals surface area contributed by atoms with Gasteiger partial charge in [-0.3, -0.25) is 4.79 Å². The monoisotopic (exact) mass is 228 g/mol. The van der Waals surface area contributed by atoms with Crippen LogP contribution in [0.3, 0.4) is 0 Å². The molecule has 0 aliphatic rings. The Kier molecular flexibility index (Phi) is 3.14. The normalized spacial score (nSPS) is 10.7. The number of carbonyl (C=O) groups excluding carboxylic acids is 1. The lowest BCUT2D eigenvalue weighted by Crippen LogP contribution is -2.41. The van der Waals surface area contributed by atoms with Crippen LogP contribution in [0.4, 0.5) is 0 Å². The van der Waals surface area contributed by atoms with Gasteiger partial charge in [0.05, 0.1) is 15.3 Å². The summed E-state index contributed by atoms with van der Waals surface area (Å²) in [6.45, 7) is 3.28. The Bertz CT molecular complexity index is 392. The summed E-state index contributed by atoms with van der Waals surface area (Å²) in [5.41, 5.74) is -0.854. The fourth-order valence-electron chi connectivity index (χ4n) is 0.810. The molecule has 1 aromatic rings. The van der Waals surface area contributed by atoms with E-state index < -0.39 is 5.54 Å². The first-order chi connectivity index (χ1) is 6.44. The van der Waals surface area contributed by atoms with Crippen LogP contribution < -0.4 is 5.32 Å². The summed E-state index contributed by atoms with van der Waals surface area (Å²) in [5, 5.41) is 11.3. The summed E-state index contributed by atoms with van der Waals surface area (Å²) in [4.78, 5) is 12.0. The van der Waals surface area contributed by atoms with Crippen LogP contribution >= 0.6 is 22.9 Å². The summed E-state index contributed by atoms with van der Waals surface area (Å²) in [5.74, 6) is -0.270. The average Bonchev–Trinajstić information content (AvgIpc) is 2.51. The second-order valence-corrected chi connectivity index (χ2v) is 5.01. The standard InChI is InChI=1S/C9H9ClN2OS/c1-9(2,5-11)12-8(13)6-3-4-7(10)14-6/h3-4H,1-2H3,(H,12,13). The number of rotatable bonds is 2. The van der Waals surface area contributed by atoms with Crippen molar-refractivity contribution in [3.8, 4) is 6.07 Å². The largest absolute Gasteiger partial charge is 0.334 e. The van der Waals surface area contributed by atoms with Crippen LogP contribution in [0.1, 0.15) is 23.5 Å². The first kappa shape index (κ1) is 11.0. The molecular formula is C9H9ClN2OS. The van der Waals surface area contributed by atoms with Gasteiger partial charge in [0.2, 0.25) is 0 Å². The zero-order valence-electron chi connectivity index (χ0n) is 7.80. The van der Waals surface area contributed by atoms with E-state index in [2.05, 4.69) is 5.32 Å². The van der Waals surface area contributed by atoms with Crippen molar-refractivity contribution in [1.82, 2.24) is 5.32 Å². The number of hydrogen-bond donors (Lipinski definition) is 1. The van der Waals surface area contributed by atoms with Crippen LogP contribution in [-0.4, -0.2) is 11.4 Å². The summed E-state index contributed by atoms with van der Waals surface area (Å²) >= 11 is 6.87. The van der Waals surface area contributed by atoms with E-state index in [-0.39, 0.29) is 5.91 Å². The second-order valence-electron chi connectivity index (χ2n) is 3.29. The fourth-order valence-corrected chi connectivity index (χ4v) is 1.75. The highest BCUT2D eigenvalue weighted by Gasteiger charge is 2.20. The van der Waals surface area contributed by atoms with E-state index >= 15 is 0 Å². The highest BCUT2D eigenvalue weighted by atomic mass is 35.5. The zero-order valence-corrected chi connectivity index (χ0v) is 9.37. The Labute approximate surface area is 91.3 Å². The third-order valence-electron chi connectivity index (χ3n) is 1.50. The first-order valence-electron chi connectivity index (χ1n) is 3.94. The van der Waals surface area contributed by atoms with E-state index in [9.17, 15) is 4.79 Å². The molecule has 1 rings (SSSR count). The fraction of sp³-hybridized carbons (Fsp3) is 0.333. The van der Waals surface area contributed by atoms with Gasteiger partial charge in [-0.2, -0.15) is 5.26 Å². The molecule has 1 heterocycles. The van der Waals surface area contributed by atoms with Crippen molar-refractivity contribution in [2.75, 3.05) is 0 Å². The molecule has 0 radical (unpaired) electrons. The van der Waals surface area contributed by atoms with Gasteiger partial charge in [-0.25, -0.2) is 0 Å². The van der Waals surface area contributed by atoms with E-state index in [1.807, 2.05) is 6.07 Å². The number of nitriles is 1. The van der Waals surface area contributed by atoms with Gasteiger partial charge in [0.1, 0.15) is 5.54 Å². The molecule has 0 fully saturated rings. The van der Waals surface area contributed by atoms with Gasteiger partial charge in [-0.15, -0.1) is 11.3 Å². The van der Waals surface area contributed by atoms with Crippen molar-refractivity contribution in [1.29, 1.82) is 5.26 Å². The molecule has 14 heavy (non-hydrogen) atoms. The summed E-state index contributed by atoms with van der Waals surface area (Å²) in [7, 11) is 0. The Balaban J connectivity index is 2.74. The van der Waals surface area contributed by atoms with Crippen LogP contribution in [0, 0.1) is 11.3 Å². The van der Waals surface area contributed by atoms with Crippen molar-refractivity contribution >= 4 is 28.8 Å². The van der Waals surface area contributed by atoms with E-state index in [1.54, 1.807) is 26.0 Å². The number of halogens is 1. The van der Waals surface area contributed by atoms with E-state index in [0.717, 1.165) is 0 Å². The molecule has 5 heteroatoms. The molecule has 1 aromatic heterocycles. The Morgan fingerprint density at radius 3 is 2.71 bits per heavy atom. The molecule has 3 nitrogen and oxygen atoms in total. The minimum atomic E-state index is -0.854. The van der Waals surface area contributed by atoms with Gasteiger partial charge in [-0.05, 0) is 26.0 Å². The van der Waals surface area contributed by atoms with Crippen molar-refractivity contribution in [2.24, 2.45) is 0 Å². The molecule has 0 atom stereocenters. The Morgan fingerprint density at radius 2 is 2.29 bits per heavy atom. The lowest BCUT2D eigenvalue weighted by Gasteiger charge is -2.16. The number of hydrogen-bond acceptors (Lipinski definition) is 3. The van der Waals surface area contributed by atoms with Crippen molar-refractivity contribution in [3.05, 3.63) is 21.3 Å². The Hall–Kier alpha value is -1.05. The number of nitrogens with zero attached hydrogens (tertiary/aromatic N) is 1. The molecule has 0 spiro atoms. The summed E-state index contributed by atoms with van der Waals surface area (Å²) < 4.78 is 0.560. The molecule has 0 aliphatic carbocycles. The molecule has 0 aromatic carbocycles. The van der Waals surface area contributed by atoms with Gasteiger partial charge < -0.3 is 5.32 Å². The number of amides is 1. The van der Waals surface area contributed by atoms with Crippen LogP contribution in [0.5, 0.6) is 0 Å². The van der Waals surface area contributed by atoms with E-state index in [1.165, 1.54) is 11.3 Å². The number of carbonyl (C=O) groups is 1. The molecule has 0 bridgehead atoms. The zero-order chi connectivity index (χ0) is 10.8. The summed E-state index contributed by atoms with van der Waals surface area (Å²) in [6.07, 6.45) is 0. The predicted octanol–water partition coefficient (Wildman–Crippen LogP) is 2.43.